The van der Waals surface area contributed by atoms with Gasteiger partial charge in [0.1, 0.15) is 0 Å². The van der Waals surface area contributed by atoms with Gasteiger partial charge in [-0.05, 0) is 63.8 Å². The SMILES string of the molecule is CC(C)(C)C1=CC(=CC=C2C=C(c3cccs3)SC(c3cccs3)=C2)C=CC1=O. The van der Waals surface area contributed by atoms with Gasteiger partial charge in [-0.25, -0.2) is 0 Å². The highest BCUT2D eigenvalue weighted by molar-refractivity contribution is 8.17. The van der Waals surface area contributed by atoms with E-state index in [1.165, 1.54) is 25.1 Å². The number of carbonyl (C=O) groups is 1. The van der Waals surface area contributed by atoms with E-state index in [0.29, 0.717) is 0 Å². The van der Waals surface area contributed by atoms with Crippen molar-refractivity contribution in [3.63, 3.8) is 0 Å². The Balaban J connectivity index is 1.71. The topological polar surface area (TPSA) is 17.1 Å². The third kappa shape index (κ3) is 4.72. The molecule has 0 aromatic carbocycles. The Morgan fingerprint density at radius 1 is 0.793 bits per heavy atom. The van der Waals surface area contributed by atoms with Gasteiger partial charge in [-0.1, -0.05) is 62.9 Å². The first-order chi connectivity index (χ1) is 13.9. The monoisotopic (exact) mass is 434 g/mol. The molecule has 0 saturated heterocycles. The van der Waals surface area contributed by atoms with Gasteiger partial charge >= 0.3 is 0 Å². The lowest BCUT2D eigenvalue weighted by Crippen LogP contribution is -2.18. The smallest absolute Gasteiger partial charge is 0.182 e. The normalized spacial score (nSPS) is 18.6. The molecule has 0 N–H and O–H groups in total. The molecule has 0 amide bonds. The first kappa shape index (κ1) is 20.1. The van der Waals surface area contributed by atoms with Crippen LogP contribution in [0.1, 0.15) is 30.5 Å². The lowest BCUT2D eigenvalue weighted by molar-refractivity contribution is -0.112. The van der Waals surface area contributed by atoms with E-state index in [-0.39, 0.29) is 11.2 Å². The van der Waals surface area contributed by atoms with Crippen LogP contribution in [0.2, 0.25) is 0 Å². The van der Waals surface area contributed by atoms with Gasteiger partial charge in [0.05, 0.1) is 0 Å². The quantitative estimate of drug-likeness (QED) is 0.488. The van der Waals surface area contributed by atoms with E-state index < -0.39 is 0 Å². The Hall–Kier alpha value is -2.14. The van der Waals surface area contributed by atoms with E-state index in [9.17, 15) is 4.79 Å². The fourth-order valence-corrected chi connectivity index (χ4v) is 5.90. The average Bonchev–Trinajstić information content (AvgIpc) is 3.40. The number of thioether (sulfide) groups is 1. The molecule has 2 aromatic heterocycles. The maximum absolute atomic E-state index is 12.2. The van der Waals surface area contributed by atoms with Crippen LogP contribution >= 0.6 is 34.4 Å². The summed E-state index contributed by atoms with van der Waals surface area (Å²) in [5, 5.41) is 4.24. The van der Waals surface area contributed by atoms with Crippen LogP contribution in [-0.4, -0.2) is 5.78 Å². The van der Waals surface area contributed by atoms with Crippen molar-refractivity contribution in [3.05, 3.63) is 104 Å². The molecule has 0 radical (unpaired) electrons. The van der Waals surface area contributed by atoms with E-state index in [1.54, 1.807) is 28.7 Å². The lowest BCUT2D eigenvalue weighted by atomic mass is 9.80. The number of thiophene rings is 2. The maximum Gasteiger partial charge on any atom is 0.182 e. The number of allylic oxidation sites excluding steroid dienone is 10. The standard InChI is InChI=1S/C25H22OS3/c1-25(2,3)19-14-17(10-11-20(19)26)8-9-18-15-23(21-6-4-12-27-21)29-24(16-18)22-7-5-13-28-22/h4-16H,1-3H3. The van der Waals surface area contributed by atoms with Gasteiger partial charge in [0.25, 0.3) is 0 Å². The fourth-order valence-electron chi connectivity index (χ4n) is 3.13. The lowest BCUT2D eigenvalue weighted by Gasteiger charge is -2.23. The van der Waals surface area contributed by atoms with Crippen molar-refractivity contribution >= 4 is 50.0 Å². The second kappa shape index (κ2) is 8.31. The zero-order valence-corrected chi connectivity index (χ0v) is 19.1. The van der Waals surface area contributed by atoms with Gasteiger partial charge in [-0.3, -0.25) is 4.79 Å². The second-order valence-corrected chi connectivity index (χ2v) is 10.9. The average molecular weight is 435 g/mol. The number of hydrogen-bond donors (Lipinski definition) is 0. The fraction of sp³-hybridized carbons (Fsp3) is 0.160. The minimum atomic E-state index is -0.159. The summed E-state index contributed by atoms with van der Waals surface area (Å²) < 4.78 is 0. The second-order valence-electron chi connectivity index (χ2n) is 7.91. The molecular weight excluding hydrogens is 412 g/mol. The molecule has 2 aromatic rings. The summed E-state index contributed by atoms with van der Waals surface area (Å²) in [6, 6.07) is 8.53. The van der Waals surface area contributed by atoms with Gasteiger partial charge < -0.3 is 0 Å². The van der Waals surface area contributed by atoms with Gasteiger partial charge in [-0.15, -0.1) is 22.7 Å². The van der Waals surface area contributed by atoms with E-state index in [1.807, 2.05) is 23.9 Å². The van der Waals surface area contributed by atoms with Crippen LogP contribution in [0.4, 0.5) is 0 Å². The summed E-state index contributed by atoms with van der Waals surface area (Å²) in [7, 11) is 0. The number of rotatable bonds is 3. The van der Waals surface area contributed by atoms with Crippen LogP contribution in [0.3, 0.4) is 0 Å². The van der Waals surface area contributed by atoms with Crippen LogP contribution in [-0.2, 0) is 4.79 Å². The molecule has 3 heterocycles. The third-order valence-corrected chi connectivity index (χ3v) is 7.80. The molecule has 0 bridgehead atoms. The van der Waals surface area contributed by atoms with Crippen molar-refractivity contribution in [1.82, 2.24) is 0 Å². The summed E-state index contributed by atoms with van der Waals surface area (Å²) in [4.78, 5) is 17.3. The van der Waals surface area contributed by atoms with Crippen LogP contribution in [0.5, 0.6) is 0 Å². The first-order valence-electron chi connectivity index (χ1n) is 9.46. The van der Waals surface area contributed by atoms with Crippen molar-refractivity contribution in [2.24, 2.45) is 5.41 Å². The molecule has 0 saturated carbocycles. The highest BCUT2D eigenvalue weighted by Gasteiger charge is 2.24. The van der Waals surface area contributed by atoms with Crippen molar-refractivity contribution in [1.29, 1.82) is 0 Å². The molecule has 29 heavy (non-hydrogen) atoms. The van der Waals surface area contributed by atoms with Crippen molar-refractivity contribution < 1.29 is 4.79 Å². The molecule has 4 rings (SSSR count). The van der Waals surface area contributed by atoms with Crippen LogP contribution in [0.25, 0.3) is 9.81 Å². The van der Waals surface area contributed by atoms with Crippen molar-refractivity contribution in [2.45, 2.75) is 20.8 Å². The molecule has 4 heteroatoms. The van der Waals surface area contributed by atoms with E-state index in [4.69, 9.17) is 0 Å². The molecular formula is C25H22OS3. The largest absolute Gasteiger partial charge is 0.290 e. The van der Waals surface area contributed by atoms with E-state index in [0.717, 1.165) is 11.1 Å². The number of carbonyl (C=O) groups excluding carboxylic acids is 1. The minimum Gasteiger partial charge on any atom is -0.290 e. The van der Waals surface area contributed by atoms with E-state index in [2.05, 4.69) is 80.1 Å². The minimum absolute atomic E-state index is 0.108. The molecule has 0 atom stereocenters. The zero-order chi connectivity index (χ0) is 20.4. The van der Waals surface area contributed by atoms with Crippen LogP contribution < -0.4 is 0 Å². The third-order valence-electron chi connectivity index (χ3n) is 4.62. The highest BCUT2D eigenvalue weighted by atomic mass is 32.2. The summed E-state index contributed by atoms with van der Waals surface area (Å²) >= 11 is 5.36. The van der Waals surface area contributed by atoms with Gasteiger partial charge in [0.15, 0.2) is 5.78 Å². The Morgan fingerprint density at radius 3 is 1.90 bits per heavy atom. The van der Waals surface area contributed by atoms with Crippen molar-refractivity contribution in [3.8, 4) is 0 Å². The Bertz CT molecular complexity index is 1040. The summed E-state index contributed by atoms with van der Waals surface area (Å²) in [6.45, 7) is 6.24. The molecule has 0 fully saturated rings. The summed E-state index contributed by atoms with van der Waals surface area (Å²) in [5.41, 5.74) is 2.92. The molecule has 1 aliphatic carbocycles. The van der Waals surface area contributed by atoms with E-state index >= 15 is 0 Å². The highest BCUT2D eigenvalue weighted by Crippen LogP contribution is 2.46. The predicted octanol–water partition coefficient (Wildman–Crippen LogP) is 7.90. The Labute approximate surface area is 184 Å². The molecule has 146 valence electrons. The number of hydrogen-bond acceptors (Lipinski definition) is 4. The zero-order valence-electron chi connectivity index (χ0n) is 16.6. The molecule has 0 spiro atoms. The van der Waals surface area contributed by atoms with Crippen LogP contribution in [0, 0.1) is 5.41 Å². The van der Waals surface area contributed by atoms with Gasteiger partial charge in [-0.2, -0.15) is 0 Å². The predicted molar refractivity (Wildman–Crippen MR) is 130 cm³/mol. The molecule has 0 unspecified atom stereocenters. The number of ketones is 1. The Morgan fingerprint density at radius 2 is 1.38 bits per heavy atom. The van der Waals surface area contributed by atoms with Crippen LogP contribution in [0.15, 0.2) is 94.3 Å². The molecule has 1 nitrogen and oxygen atoms in total. The summed E-state index contributed by atoms with van der Waals surface area (Å²) in [6.07, 6.45) is 14.3. The van der Waals surface area contributed by atoms with Gasteiger partial charge in [0.2, 0.25) is 0 Å². The Kier molecular flexibility index (Phi) is 5.77. The van der Waals surface area contributed by atoms with Gasteiger partial charge in [0, 0.05) is 25.1 Å². The molecule has 1 aliphatic heterocycles. The molecule has 2 aliphatic rings. The maximum atomic E-state index is 12.2. The van der Waals surface area contributed by atoms with Crippen molar-refractivity contribution in [2.75, 3.05) is 0 Å². The first-order valence-corrected chi connectivity index (χ1v) is 12.0. The summed E-state index contributed by atoms with van der Waals surface area (Å²) in [5.74, 6) is 0.108.